The van der Waals surface area contributed by atoms with Gasteiger partial charge in [0, 0.05) is 25.2 Å². The molecule has 0 aliphatic rings. The normalized spacial score (nSPS) is 12.5. The SMILES string of the molecule is CN/C(C)=C/N=CCn1nnc2ccccc21. The molecule has 1 N–H and O–H groups in total. The van der Waals surface area contributed by atoms with E-state index in [1.807, 2.05) is 49.1 Å². The van der Waals surface area contributed by atoms with E-state index in [0.29, 0.717) is 6.54 Å². The van der Waals surface area contributed by atoms with E-state index >= 15 is 0 Å². The number of fused-ring (bicyclic) bond motifs is 1. The summed E-state index contributed by atoms with van der Waals surface area (Å²) in [5, 5.41) is 11.1. The molecule has 17 heavy (non-hydrogen) atoms. The van der Waals surface area contributed by atoms with Crippen LogP contribution in [0.2, 0.25) is 0 Å². The first-order valence-corrected chi connectivity index (χ1v) is 5.45. The Morgan fingerprint density at radius 2 is 2.29 bits per heavy atom. The first-order chi connectivity index (χ1) is 8.31. The molecule has 5 heteroatoms. The number of nitrogens with one attached hydrogen (secondary N) is 1. The van der Waals surface area contributed by atoms with Crippen molar-refractivity contribution in [2.75, 3.05) is 7.05 Å². The fourth-order valence-corrected chi connectivity index (χ4v) is 1.41. The quantitative estimate of drug-likeness (QED) is 0.810. The predicted octanol–water partition coefficient (Wildman–Crippen LogP) is 1.58. The highest BCUT2D eigenvalue weighted by molar-refractivity contribution is 5.75. The van der Waals surface area contributed by atoms with Crippen molar-refractivity contribution < 1.29 is 0 Å². The minimum atomic E-state index is 0.619. The second-order valence-corrected chi connectivity index (χ2v) is 3.65. The van der Waals surface area contributed by atoms with Crippen LogP contribution in [-0.4, -0.2) is 28.3 Å². The summed E-state index contributed by atoms with van der Waals surface area (Å²) in [5.41, 5.74) is 2.95. The van der Waals surface area contributed by atoms with E-state index in [1.165, 1.54) is 0 Å². The van der Waals surface area contributed by atoms with Crippen molar-refractivity contribution in [3.63, 3.8) is 0 Å². The molecular weight excluding hydrogens is 214 g/mol. The number of aromatic nitrogens is 3. The van der Waals surface area contributed by atoms with Crippen molar-refractivity contribution in [2.45, 2.75) is 13.5 Å². The van der Waals surface area contributed by atoms with Crippen molar-refractivity contribution >= 4 is 17.2 Å². The Labute approximate surface area is 99.9 Å². The number of hydrogen-bond acceptors (Lipinski definition) is 4. The van der Waals surface area contributed by atoms with E-state index in [-0.39, 0.29) is 0 Å². The summed E-state index contributed by atoms with van der Waals surface area (Å²) in [7, 11) is 1.87. The van der Waals surface area contributed by atoms with Gasteiger partial charge in [-0.1, -0.05) is 17.3 Å². The summed E-state index contributed by atoms with van der Waals surface area (Å²) in [6, 6.07) is 7.87. The molecule has 0 unspecified atom stereocenters. The lowest BCUT2D eigenvalue weighted by Crippen LogP contribution is -2.02. The molecule has 0 aliphatic carbocycles. The van der Waals surface area contributed by atoms with Crippen molar-refractivity contribution in [1.82, 2.24) is 20.3 Å². The van der Waals surface area contributed by atoms with Crippen LogP contribution in [0.25, 0.3) is 11.0 Å². The fraction of sp³-hybridized carbons (Fsp3) is 0.250. The molecule has 1 aromatic carbocycles. The number of rotatable bonds is 4. The van der Waals surface area contributed by atoms with E-state index in [4.69, 9.17) is 0 Å². The van der Waals surface area contributed by atoms with Crippen LogP contribution in [0, 0.1) is 0 Å². The third kappa shape index (κ3) is 2.69. The molecule has 1 aromatic heterocycles. The van der Waals surface area contributed by atoms with Gasteiger partial charge in [-0.2, -0.15) is 0 Å². The maximum Gasteiger partial charge on any atom is 0.113 e. The number of nitrogens with zero attached hydrogens (tertiary/aromatic N) is 4. The van der Waals surface area contributed by atoms with E-state index in [0.717, 1.165) is 16.7 Å². The minimum absolute atomic E-state index is 0.619. The van der Waals surface area contributed by atoms with Gasteiger partial charge < -0.3 is 5.32 Å². The zero-order chi connectivity index (χ0) is 12.1. The van der Waals surface area contributed by atoms with E-state index in [9.17, 15) is 0 Å². The Morgan fingerprint density at radius 1 is 1.47 bits per heavy atom. The third-order valence-electron chi connectivity index (χ3n) is 2.44. The zero-order valence-electron chi connectivity index (χ0n) is 9.96. The van der Waals surface area contributed by atoms with Crippen LogP contribution in [0.5, 0.6) is 0 Å². The molecule has 0 fully saturated rings. The molecule has 5 nitrogen and oxygen atoms in total. The first-order valence-electron chi connectivity index (χ1n) is 5.45. The summed E-state index contributed by atoms with van der Waals surface area (Å²) >= 11 is 0. The molecule has 0 atom stereocenters. The molecule has 2 aromatic rings. The number of para-hydroxylation sites is 1. The molecule has 0 bridgehead atoms. The van der Waals surface area contributed by atoms with Gasteiger partial charge in [-0.25, -0.2) is 4.68 Å². The molecular formula is C12H15N5. The molecule has 88 valence electrons. The van der Waals surface area contributed by atoms with Crippen molar-refractivity contribution in [2.24, 2.45) is 4.99 Å². The standard InChI is InChI=1S/C12H15N5/c1-10(13-2)9-14-7-8-17-12-6-4-3-5-11(12)15-16-17/h3-7,9,13H,8H2,1-2H3/b10-9+,14-7?. The predicted molar refractivity (Wildman–Crippen MR) is 68.8 cm³/mol. The highest BCUT2D eigenvalue weighted by atomic mass is 15.4. The maximum atomic E-state index is 4.19. The molecule has 0 radical (unpaired) electrons. The van der Waals surface area contributed by atoms with Gasteiger partial charge in [0.2, 0.25) is 0 Å². The van der Waals surface area contributed by atoms with Gasteiger partial charge in [0.15, 0.2) is 0 Å². The van der Waals surface area contributed by atoms with E-state index < -0.39 is 0 Å². The molecule has 0 spiro atoms. The fourth-order valence-electron chi connectivity index (χ4n) is 1.41. The molecule has 2 rings (SSSR count). The number of aliphatic imine (C=N–C) groups is 1. The molecule has 1 heterocycles. The molecule has 0 saturated carbocycles. The second kappa shape index (κ2) is 5.25. The zero-order valence-corrected chi connectivity index (χ0v) is 9.96. The van der Waals surface area contributed by atoms with Gasteiger partial charge in [0.05, 0.1) is 12.1 Å². The molecule has 0 aliphatic heterocycles. The Kier molecular flexibility index (Phi) is 3.49. The summed E-state index contributed by atoms with van der Waals surface area (Å²) in [4.78, 5) is 4.19. The van der Waals surface area contributed by atoms with Gasteiger partial charge in [0.25, 0.3) is 0 Å². The van der Waals surface area contributed by atoms with E-state index in [2.05, 4.69) is 20.6 Å². The van der Waals surface area contributed by atoms with Gasteiger partial charge in [-0.05, 0) is 19.1 Å². The Bertz CT molecular complexity index is 553. The highest BCUT2D eigenvalue weighted by Gasteiger charge is 2.00. The Morgan fingerprint density at radius 3 is 3.12 bits per heavy atom. The lowest BCUT2D eigenvalue weighted by molar-refractivity contribution is 0.707. The Hall–Kier alpha value is -2.17. The van der Waals surface area contributed by atoms with Crippen LogP contribution in [-0.2, 0) is 6.54 Å². The van der Waals surface area contributed by atoms with Crippen molar-refractivity contribution in [3.05, 3.63) is 36.2 Å². The third-order valence-corrected chi connectivity index (χ3v) is 2.44. The van der Waals surface area contributed by atoms with Crippen LogP contribution in [0.4, 0.5) is 0 Å². The maximum absolute atomic E-state index is 4.19. The smallest absolute Gasteiger partial charge is 0.113 e. The molecule has 0 saturated heterocycles. The monoisotopic (exact) mass is 229 g/mol. The second-order valence-electron chi connectivity index (χ2n) is 3.65. The van der Waals surface area contributed by atoms with Crippen LogP contribution in [0.1, 0.15) is 6.92 Å². The molecule has 0 amide bonds. The van der Waals surface area contributed by atoms with Gasteiger partial charge in [0.1, 0.15) is 5.52 Å². The summed E-state index contributed by atoms with van der Waals surface area (Å²) in [5.74, 6) is 0. The van der Waals surface area contributed by atoms with Gasteiger partial charge >= 0.3 is 0 Å². The van der Waals surface area contributed by atoms with Gasteiger partial charge in [-0.3, -0.25) is 4.99 Å². The van der Waals surface area contributed by atoms with Gasteiger partial charge in [-0.15, -0.1) is 5.10 Å². The first kappa shape index (κ1) is 11.3. The lowest BCUT2D eigenvalue weighted by Gasteiger charge is -1.96. The van der Waals surface area contributed by atoms with Crippen LogP contribution >= 0.6 is 0 Å². The Balaban J connectivity index is 2.09. The van der Waals surface area contributed by atoms with Crippen LogP contribution in [0.3, 0.4) is 0 Å². The lowest BCUT2D eigenvalue weighted by atomic mass is 10.3. The van der Waals surface area contributed by atoms with Crippen LogP contribution < -0.4 is 5.32 Å². The summed E-state index contributed by atoms with van der Waals surface area (Å²) in [6.07, 6.45) is 3.58. The summed E-state index contributed by atoms with van der Waals surface area (Å²) in [6.45, 7) is 2.58. The number of benzene rings is 1. The topological polar surface area (TPSA) is 55.1 Å². The van der Waals surface area contributed by atoms with E-state index in [1.54, 1.807) is 6.20 Å². The average Bonchev–Trinajstić information content (AvgIpc) is 2.78. The largest absolute Gasteiger partial charge is 0.390 e. The number of allylic oxidation sites excluding steroid dienone is 1. The summed E-state index contributed by atoms with van der Waals surface area (Å²) < 4.78 is 1.82. The van der Waals surface area contributed by atoms with Crippen molar-refractivity contribution in [1.29, 1.82) is 0 Å². The minimum Gasteiger partial charge on any atom is -0.390 e. The number of hydrogen-bond donors (Lipinski definition) is 1. The van der Waals surface area contributed by atoms with Crippen molar-refractivity contribution in [3.8, 4) is 0 Å². The van der Waals surface area contributed by atoms with Crippen LogP contribution in [0.15, 0.2) is 41.2 Å². The average molecular weight is 229 g/mol. The highest BCUT2D eigenvalue weighted by Crippen LogP contribution is 2.08.